The second kappa shape index (κ2) is 8.01. The van der Waals surface area contributed by atoms with Gasteiger partial charge in [0.05, 0.1) is 5.69 Å². The van der Waals surface area contributed by atoms with Crippen molar-refractivity contribution < 1.29 is 4.79 Å². The van der Waals surface area contributed by atoms with Gasteiger partial charge in [-0.15, -0.1) is 5.10 Å². The molecule has 0 aliphatic carbocycles. The van der Waals surface area contributed by atoms with Gasteiger partial charge in [0, 0.05) is 15.7 Å². The lowest BCUT2D eigenvalue weighted by Crippen LogP contribution is -2.14. The van der Waals surface area contributed by atoms with Gasteiger partial charge in [-0.2, -0.15) is 0 Å². The fourth-order valence-electron chi connectivity index (χ4n) is 2.99. The van der Waals surface area contributed by atoms with Gasteiger partial charge >= 0.3 is 0 Å². The van der Waals surface area contributed by atoms with Crippen molar-refractivity contribution in [1.82, 2.24) is 14.8 Å². The summed E-state index contributed by atoms with van der Waals surface area (Å²) in [6, 6.07) is 23.3. The molecule has 1 aromatic heterocycles. The van der Waals surface area contributed by atoms with Crippen molar-refractivity contribution in [2.45, 2.75) is 13.8 Å². The highest BCUT2D eigenvalue weighted by Gasteiger charge is 2.19. The summed E-state index contributed by atoms with van der Waals surface area (Å²) in [5, 5.41) is 7.40. The molecule has 0 bridgehead atoms. The molecule has 29 heavy (non-hydrogen) atoms. The van der Waals surface area contributed by atoms with Crippen molar-refractivity contribution in [3.8, 4) is 17.1 Å². The minimum Gasteiger partial charge on any atom is -0.319 e. The van der Waals surface area contributed by atoms with E-state index in [0.29, 0.717) is 11.5 Å². The Balaban J connectivity index is 1.76. The third-order valence-corrected chi connectivity index (χ3v) is 5.09. The number of benzene rings is 3. The lowest BCUT2D eigenvalue weighted by molar-refractivity contribution is 0.101. The number of para-hydroxylation sites is 1. The first-order valence-electron chi connectivity index (χ1n) is 9.18. The van der Waals surface area contributed by atoms with Crippen molar-refractivity contribution in [2.24, 2.45) is 0 Å². The summed E-state index contributed by atoms with van der Waals surface area (Å²) in [6.07, 6.45) is 0. The molecular weight excluding hydrogens is 428 g/mol. The van der Waals surface area contributed by atoms with Crippen molar-refractivity contribution >= 4 is 27.5 Å². The number of halogens is 1. The summed E-state index contributed by atoms with van der Waals surface area (Å²) >= 11 is 3.46. The minimum absolute atomic E-state index is 0.117. The van der Waals surface area contributed by atoms with Crippen LogP contribution in [0, 0.1) is 13.8 Å². The van der Waals surface area contributed by atoms with Crippen LogP contribution in [-0.2, 0) is 0 Å². The maximum atomic E-state index is 12.8. The Morgan fingerprint density at radius 3 is 2.31 bits per heavy atom. The van der Waals surface area contributed by atoms with Gasteiger partial charge in [0.1, 0.15) is 0 Å². The summed E-state index contributed by atoms with van der Waals surface area (Å²) in [6.45, 7) is 4.01. The lowest BCUT2D eigenvalue weighted by Gasteiger charge is -2.08. The van der Waals surface area contributed by atoms with Gasteiger partial charge in [0.2, 0.25) is 5.82 Å². The van der Waals surface area contributed by atoms with E-state index in [1.54, 1.807) is 4.68 Å². The molecule has 1 heterocycles. The number of aromatic nitrogens is 3. The summed E-state index contributed by atoms with van der Waals surface area (Å²) in [5.74, 6) is 0.382. The van der Waals surface area contributed by atoms with Crippen LogP contribution in [0.15, 0.2) is 77.3 Å². The van der Waals surface area contributed by atoms with Crippen molar-refractivity contribution in [2.75, 3.05) is 5.32 Å². The fraction of sp³-hybridized carbons (Fsp3) is 0.0870. The molecule has 5 nitrogen and oxygen atoms in total. The summed E-state index contributed by atoms with van der Waals surface area (Å²) in [7, 11) is 0. The minimum atomic E-state index is -0.348. The zero-order valence-corrected chi connectivity index (χ0v) is 17.6. The number of carbonyl (C=O) groups is 1. The maximum Gasteiger partial charge on any atom is 0.295 e. The Hall–Kier alpha value is -3.25. The number of carbonyl (C=O) groups excluding carboxylic acids is 1. The molecule has 0 spiro atoms. The monoisotopic (exact) mass is 446 g/mol. The number of nitrogens with one attached hydrogen (secondary N) is 1. The molecule has 0 atom stereocenters. The van der Waals surface area contributed by atoms with Gasteiger partial charge in [0.25, 0.3) is 5.91 Å². The van der Waals surface area contributed by atoms with E-state index in [1.165, 1.54) is 0 Å². The standard InChI is InChI=1S/C23H19BrN4O/c1-15-7-13-19(14-8-15)25-23(29)21-26-22(17-9-11-18(24)12-10-17)28(27-21)20-6-4-3-5-16(20)2/h3-14H,1-2H3,(H,25,29). The molecule has 0 saturated carbocycles. The quantitative estimate of drug-likeness (QED) is 0.445. The van der Waals surface area contributed by atoms with E-state index in [9.17, 15) is 4.79 Å². The van der Waals surface area contributed by atoms with Crippen LogP contribution in [0.25, 0.3) is 17.1 Å². The Bertz CT molecular complexity index is 1160. The Kier molecular flexibility index (Phi) is 5.27. The summed E-state index contributed by atoms with van der Waals surface area (Å²) < 4.78 is 2.70. The molecule has 0 unspecified atom stereocenters. The Morgan fingerprint density at radius 1 is 0.931 bits per heavy atom. The van der Waals surface area contributed by atoms with Crippen LogP contribution in [0.1, 0.15) is 21.7 Å². The van der Waals surface area contributed by atoms with E-state index in [2.05, 4.69) is 31.3 Å². The van der Waals surface area contributed by atoms with Gasteiger partial charge in [0.15, 0.2) is 5.82 Å². The van der Waals surface area contributed by atoms with Crippen molar-refractivity contribution in [1.29, 1.82) is 0 Å². The van der Waals surface area contributed by atoms with Gasteiger partial charge < -0.3 is 5.32 Å². The third-order valence-electron chi connectivity index (χ3n) is 4.57. The number of hydrogen-bond donors (Lipinski definition) is 1. The zero-order valence-electron chi connectivity index (χ0n) is 16.1. The van der Waals surface area contributed by atoms with Crippen LogP contribution in [0.3, 0.4) is 0 Å². The predicted molar refractivity (Wildman–Crippen MR) is 118 cm³/mol. The highest BCUT2D eigenvalue weighted by molar-refractivity contribution is 9.10. The van der Waals surface area contributed by atoms with Crippen LogP contribution < -0.4 is 5.32 Å². The first kappa shape index (κ1) is 19.1. The van der Waals surface area contributed by atoms with Crippen molar-refractivity contribution in [3.05, 3.63) is 94.2 Å². The molecular formula is C23H19BrN4O. The number of amides is 1. The normalized spacial score (nSPS) is 10.7. The van der Waals surface area contributed by atoms with E-state index in [4.69, 9.17) is 0 Å². The van der Waals surface area contributed by atoms with Crippen LogP contribution in [0.5, 0.6) is 0 Å². The largest absolute Gasteiger partial charge is 0.319 e. The van der Waals surface area contributed by atoms with E-state index >= 15 is 0 Å². The van der Waals surface area contributed by atoms with Gasteiger partial charge in [-0.25, -0.2) is 9.67 Å². The first-order valence-corrected chi connectivity index (χ1v) is 9.97. The molecule has 6 heteroatoms. The molecule has 4 aromatic rings. The second-order valence-corrected chi connectivity index (χ2v) is 7.70. The average molecular weight is 447 g/mol. The molecule has 3 aromatic carbocycles. The van der Waals surface area contributed by atoms with Gasteiger partial charge in [-0.1, -0.05) is 64.0 Å². The second-order valence-electron chi connectivity index (χ2n) is 6.78. The number of nitrogens with zero attached hydrogens (tertiary/aromatic N) is 3. The Morgan fingerprint density at radius 2 is 1.62 bits per heavy atom. The fourth-order valence-corrected chi connectivity index (χ4v) is 3.25. The van der Waals surface area contributed by atoms with Crippen molar-refractivity contribution in [3.63, 3.8) is 0 Å². The molecule has 0 saturated heterocycles. The van der Waals surface area contributed by atoms with E-state index in [1.807, 2.05) is 86.6 Å². The summed E-state index contributed by atoms with van der Waals surface area (Å²) in [5.41, 5.74) is 4.63. The van der Waals surface area contributed by atoms with E-state index in [0.717, 1.165) is 26.9 Å². The van der Waals surface area contributed by atoms with Gasteiger partial charge in [-0.3, -0.25) is 4.79 Å². The smallest absolute Gasteiger partial charge is 0.295 e. The third kappa shape index (κ3) is 4.12. The molecule has 0 fully saturated rings. The molecule has 144 valence electrons. The van der Waals surface area contributed by atoms with Crippen LogP contribution in [0.4, 0.5) is 5.69 Å². The highest BCUT2D eigenvalue weighted by atomic mass is 79.9. The number of anilines is 1. The van der Waals surface area contributed by atoms with Gasteiger partial charge in [-0.05, 0) is 49.7 Å². The zero-order chi connectivity index (χ0) is 20.4. The van der Waals surface area contributed by atoms with E-state index in [-0.39, 0.29) is 11.7 Å². The van der Waals surface area contributed by atoms with Crippen LogP contribution in [0.2, 0.25) is 0 Å². The molecule has 0 aliphatic heterocycles. The molecule has 1 N–H and O–H groups in total. The number of rotatable bonds is 4. The van der Waals surface area contributed by atoms with Crippen LogP contribution in [-0.4, -0.2) is 20.7 Å². The van der Waals surface area contributed by atoms with E-state index < -0.39 is 0 Å². The average Bonchev–Trinajstić information content (AvgIpc) is 3.16. The molecule has 0 radical (unpaired) electrons. The Labute approximate surface area is 177 Å². The maximum absolute atomic E-state index is 12.8. The lowest BCUT2D eigenvalue weighted by atomic mass is 10.2. The first-order chi connectivity index (χ1) is 14.0. The topological polar surface area (TPSA) is 59.8 Å². The number of aryl methyl sites for hydroxylation is 2. The van der Waals surface area contributed by atoms with Crippen LogP contribution >= 0.6 is 15.9 Å². The molecule has 4 rings (SSSR count). The molecule has 1 amide bonds. The number of hydrogen-bond acceptors (Lipinski definition) is 3. The SMILES string of the molecule is Cc1ccc(NC(=O)c2nc(-c3ccc(Br)cc3)n(-c3ccccc3C)n2)cc1. The molecule has 0 aliphatic rings. The highest BCUT2D eigenvalue weighted by Crippen LogP contribution is 2.25. The summed E-state index contributed by atoms with van der Waals surface area (Å²) in [4.78, 5) is 17.4. The predicted octanol–water partition coefficient (Wildman–Crippen LogP) is 5.57.